The average Bonchev–Trinajstić information content (AvgIpc) is 2.64. The molecule has 25 heavy (non-hydrogen) atoms. The summed E-state index contributed by atoms with van der Waals surface area (Å²) in [5.41, 5.74) is 0.0913. The summed E-state index contributed by atoms with van der Waals surface area (Å²) in [5, 5.41) is 2.97. The lowest BCUT2D eigenvalue weighted by atomic mass is 10.2. The normalized spacial score (nSPS) is 10.8. The van der Waals surface area contributed by atoms with Crippen LogP contribution in [0.1, 0.15) is 10.4 Å². The summed E-state index contributed by atoms with van der Waals surface area (Å²) in [6, 6.07) is 8.76. The van der Waals surface area contributed by atoms with Crippen LogP contribution in [-0.4, -0.2) is 26.3 Å². The van der Waals surface area contributed by atoms with Crippen molar-refractivity contribution in [3.05, 3.63) is 62.9 Å². The minimum Gasteiger partial charge on any atom is -0.321 e. The summed E-state index contributed by atoms with van der Waals surface area (Å²) in [6.45, 7) is 0. The summed E-state index contributed by atoms with van der Waals surface area (Å²) in [5.74, 6) is -0.326. The van der Waals surface area contributed by atoms with E-state index in [1.807, 2.05) is 18.4 Å². The van der Waals surface area contributed by atoms with Gasteiger partial charge in [0.1, 0.15) is 5.39 Å². The number of thioether (sulfide) groups is 1. The van der Waals surface area contributed by atoms with Crippen molar-refractivity contribution in [1.82, 2.24) is 14.1 Å². The number of hydrogen-bond acceptors (Lipinski definition) is 5. The van der Waals surface area contributed by atoms with Gasteiger partial charge in [0.2, 0.25) is 0 Å². The van der Waals surface area contributed by atoms with Crippen molar-refractivity contribution >= 4 is 34.4 Å². The minimum atomic E-state index is -0.500. The van der Waals surface area contributed by atoms with Crippen molar-refractivity contribution in [1.29, 1.82) is 0 Å². The Bertz CT molecular complexity index is 1100. The molecule has 128 valence electrons. The molecule has 0 aliphatic carbocycles. The maximum atomic E-state index is 12.7. The topological polar surface area (TPSA) is 86.0 Å². The fourth-order valence-electron chi connectivity index (χ4n) is 2.61. The van der Waals surface area contributed by atoms with E-state index in [0.717, 1.165) is 9.46 Å². The number of anilines is 1. The van der Waals surface area contributed by atoms with E-state index in [0.29, 0.717) is 11.3 Å². The molecular formula is C17H16N4O3S. The average molecular weight is 356 g/mol. The number of benzene rings is 1. The third-order valence-corrected chi connectivity index (χ3v) is 4.74. The van der Waals surface area contributed by atoms with Crippen LogP contribution >= 0.6 is 11.8 Å². The van der Waals surface area contributed by atoms with E-state index >= 15 is 0 Å². The Morgan fingerprint density at radius 2 is 1.84 bits per heavy atom. The van der Waals surface area contributed by atoms with Crippen molar-refractivity contribution < 1.29 is 4.79 Å². The number of carbonyl (C=O) groups is 1. The van der Waals surface area contributed by atoms with Crippen LogP contribution in [0.3, 0.4) is 0 Å². The van der Waals surface area contributed by atoms with Gasteiger partial charge in [0.25, 0.3) is 11.5 Å². The molecule has 0 bridgehead atoms. The van der Waals surface area contributed by atoms with Gasteiger partial charge in [-0.05, 0) is 24.5 Å². The minimum absolute atomic E-state index is 0.196. The maximum Gasteiger partial charge on any atom is 0.332 e. The van der Waals surface area contributed by atoms with Gasteiger partial charge in [-0.25, -0.2) is 9.78 Å². The number of pyridine rings is 1. The van der Waals surface area contributed by atoms with Gasteiger partial charge in [-0.3, -0.25) is 18.7 Å². The zero-order valence-electron chi connectivity index (χ0n) is 13.9. The van der Waals surface area contributed by atoms with Gasteiger partial charge in [0, 0.05) is 25.2 Å². The van der Waals surface area contributed by atoms with Crippen molar-refractivity contribution in [2.75, 3.05) is 11.6 Å². The summed E-state index contributed by atoms with van der Waals surface area (Å²) in [6.07, 6.45) is 3.34. The molecule has 2 aromatic heterocycles. The highest BCUT2D eigenvalue weighted by molar-refractivity contribution is 7.98. The Morgan fingerprint density at radius 3 is 2.56 bits per heavy atom. The molecule has 1 amide bonds. The molecule has 0 unspecified atom stereocenters. The smallest absolute Gasteiger partial charge is 0.321 e. The second-order valence-electron chi connectivity index (χ2n) is 5.42. The molecule has 0 aliphatic heterocycles. The van der Waals surface area contributed by atoms with Crippen molar-refractivity contribution in [2.45, 2.75) is 4.90 Å². The molecule has 0 radical (unpaired) electrons. The number of amides is 1. The third-order valence-electron chi connectivity index (χ3n) is 3.94. The fraction of sp³-hybridized carbons (Fsp3) is 0.176. The summed E-state index contributed by atoms with van der Waals surface area (Å²) in [4.78, 5) is 42.2. The third kappa shape index (κ3) is 2.85. The Labute approximate surface area is 147 Å². The zero-order valence-corrected chi connectivity index (χ0v) is 14.8. The van der Waals surface area contributed by atoms with Crippen LogP contribution in [0.5, 0.6) is 0 Å². The molecule has 7 nitrogen and oxygen atoms in total. The Kier molecular flexibility index (Phi) is 4.45. The lowest BCUT2D eigenvalue weighted by Gasteiger charge is -2.12. The van der Waals surface area contributed by atoms with E-state index in [2.05, 4.69) is 10.3 Å². The van der Waals surface area contributed by atoms with E-state index < -0.39 is 11.2 Å². The van der Waals surface area contributed by atoms with Gasteiger partial charge >= 0.3 is 5.69 Å². The molecule has 8 heteroatoms. The van der Waals surface area contributed by atoms with Gasteiger partial charge in [-0.15, -0.1) is 11.8 Å². The monoisotopic (exact) mass is 356 g/mol. The van der Waals surface area contributed by atoms with Crippen molar-refractivity contribution in [2.24, 2.45) is 14.1 Å². The largest absolute Gasteiger partial charge is 0.332 e. The van der Waals surface area contributed by atoms with Crippen LogP contribution in [0.15, 0.2) is 51.0 Å². The maximum absolute atomic E-state index is 12.7. The molecule has 0 spiro atoms. The van der Waals surface area contributed by atoms with Gasteiger partial charge in [-0.1, -0.05) is 12.1 Å². The molecular weight excluding hydrogens is 340 g/mol. The van der Waals surface area contributed by atoms with Crippen molar-refractivity contribution in [3.8, 4) is 0 Å². The number of nitrogens with zero attached hydrogens (tertiary/aromatic N) is 3. The lowest BCUT2D eigenvalue weighted by Crippen LogP contribution is -2.37. The number of fused-ring (bicyclic) bond motifs is 1. The Balaban J connectivity index is 2.16. The van der Waals surface area contributed by atoms with Crippen LogP contribution in [-0.2, 0) is 14.1 Å². The van der Waals surface area contributed by atoms with Crippen LogP contribution < -0.4 is 16.6 Å². The SMILES string of the molecule is CSc1ccccc1C(=O)Nc1ccnc2c1c(=O)n(C)c(=O)n2C. The van der Waals surface area contributed by atoms with E-state index in [9.17, 15) is 14.4 Å². The number of hydrogen-bond donors (Lipinski definition) is 1. The first-order chi connectivity index (χ1) is 12.0. The van der Waals surface area contributed by atoms with Crippen LogP contribution in [0.4, 0.5) is 5.69 Å². The number of nitrogens with one attached hydrogen (secondary N) is 1. The Hall–Kier alpha value is -2.87. The highest BCUT2D eigenvalue weighted by atomic mass is 32.2. The summed E-state index contributed by atoms with van der Waals surface area (Å²) >= 11 is 1.46. The quantitative estimate of drug-likeness (QED) is 0.721. The van der Waals surface area contributed by atoms with Gasteiger partial charge < -0.3 is 5.32 Å². The predicted molar refractivity (Wildman–Crippen MR) is 98.4 cm³/mol. The molecule has 0 saturated heterocycles. The fourth-order valence-corrected chi connectivity index (χ4v) is 3.21. The van der Waals surface area contributed by atoms with E-state index in [1.165, 1.54) is 36.6 Å². The first-order valence-corrected chi connectivity index (χ1v) is 8.67. The number of carbonyl (C=O) groups excluding carboxylic acids is 1. The highest BCUT2D eigenvalue weighted by Crippen LogP contribution is 2.22. The molecule has 1 N–H and O–H groups in total. The molecule has 3 rings (SSSR count). The van der Waals surface area contributed by atoms with E-state index in [1.54, 1.807) is 18.2 Å². The van der Waals surface area contributed by atoms with Gasteiger partial charge in [-0.2, -0.15) is 0 Å². The summed E-state index contributed by atoms with van der Waals surface area (Å²) < 4.78 is 2.28. The predicted octanol–water partition coefficient (Wildman–Crippen LogP) is 1.61. The Morgan fingerprint density at radius 1 is 1.12 bits per heavy atom. The zero-order chi connectivity index (χ0) is 18.1. The molecule has 0 atom stereocenters. The van der Waals surface area contributed by atoms with Gasteiger partial charge in [0.05, 0.1) is 11.3 Å². The van der Waals surface area contributed by atoms with Crippen LogP contribution in [0, 0.1) is 0 Å². The number of rotatable bonds is 3. The number of aromatic nitrogens is 3. The molecule has 2 heterocycles. The second kappa shape index (κ2) is 6.56. The number of aryl methyl sites for hydroxylation is 1. The van der Waals surface area contributed by atoms with Gasteiger partial charge in [0.15, 0.2) is 5.65 Å². The lowest BCUT2D eigenvalue weighted by molar-refractivity contribution is 0.102. The summed E-state index contributed by atoms with van der Waals surface area (Å²) in [7, 11) is 2.93. The second-order valence-corrected chi connectivity index (χ2v) is 6.27. The standard InChI is InChI=1S/C17H16N4O3S/c1-20-14-13(16(23)21(2)17(20)24)11(8-9-18-14)19-15(22)10-6-4-5-7-12(10)25-3/h4-9H,1-3H3,(H,18,19,22). The molecule has 0 aliphatic rings. The molecule has 0 saturated carbocycles. The van der Waals surface area contributed by atoms with Crippen molar-refractivity contribution in [3.63, 3.8) is 0 Å². The van der Waals surface area contributed by atoms with E-state index in [-0.39, 0.29) is 16.9 Å². The van der Waals surface area contributed by atoms with Crippen LogP contribution in [0.2, 0.25) is 0 Å². The van der Waals surface area contributed by atoms with E-state index in [4.69, 9.17) is 0 Å². The first-order valence-electron chi connectivity index (χ1n) is 7.44. The molecule has 3 aromatic rings. The molecule has 1 aromatic carbocycles. The molecule has 0 fully saturated rings. The highest BCUT2D eigenvalue weighted by Gasteiger charge is 2.17. The first kappa shape index (κ1) is 17.0. The van der Waals surface area contributed by atoms with Crippen LogP contribution in [0.25, 0.3) is 11.0 Å².